The lowest BCUT2D eigenvalue weighted by Gasteiger charge is -2.40. The molecule has 1 aliphatic heterocycles. The minimum Gasteiger partial charge on any atom is -0.394 e. The number of aliphatic hydroxyl groups is 1. The molecule has 2 heterocycles. The Bertz CT molecular complexity index is 837. The van der Waals surface area contributed by atoms with Crippen LogP contribution in [-0.2, 0) is 11.3 Å². The van der Waals surface area contributed by atoms with Gasteiger partial charge >= 0.3 is 0 Å². The van der Waals surface area contributed by atoms with Crippen LogP contribution in [0.1, 0.15) is 17.3 Å². The number of pyridine rings is 1. The van der Waals surface area contributed by atoms with Gasteiger partial charge in [0.05, 0.1) is 30.5 Å². The van der Waals surface area contributed by atoms with Gasteiger partial charge in [-0.15, -0.1) is 0 Å². The van der Waals surface area contributed by atoms with E-state index in [1.807, 2.05) is 36.4 Å². The molecule has 1 aromatic heterocycles. The molecule has 0 amide bonds. The van der Waals surface area contributed by atoms with Crippen LogP contribution in [-0.4, -0.2) is 40.9 Å². The minimum atomic E-state index is -0.211. The van der Waals surface area contributed by atoms with Crippen molar-refractivity contribution in [3.63, 3.8) is 0 Å². The maximum Gasteiger partial charge on any atom is 0.100 e. The fourth-order valence-corrected chi connectivity index (χ4v) is 3.60. The van der Waals surface area contributed by atoms with Gasteiger partial charge in [-0.3, -0.25) is 9.88 Å². The standard InChI is InChI=1S/C21H22N2O2/c24-15-20-21(17-7-2-1-3-8-17)23(12-13-25-20)14-18-11-10-16-6-4-5-9-19(16)22-18/h1-11,20-21,24H,12-15H2/t20-,21-/m0/s1. The van der Waals surface area contributed by atoms with E-state index < -0.39 is 0 Å². The summed E-state index contributed by atoms with van der Waals surface area (Å²) in [5.41, 5.74) is 3.23. The van der Waals surface area contributed by atoms with E-state index >= 15 is 0 Å². The summed E-state index contributed by atoms with van der Waals surface area (Å²) in [6.07, 6.45) is -0.211. The molecule has 1 N–H and O–H groups in total. The van der Waals surface area contributed by atoms with E-state index in [2.05, 4.69) is 35.2 Å². The topological polar surface area (TPSA) is 45.6 Å². The molecule has 0 spiro atoms. The van der Waals surface area contributed by atoms with Gasteiger partial charge in [-0.25, -0.2) is 0 Å². The third-order valence-electron chi connectivity index (χ3n) is 4.80. The molecule has 4 nitrogen and oxygen atoms in total. The highest BCUT2D eigenvalue weighted by molar-refractivity contribution is 5.78. The van der Waals surface area contributed by atoms with Crippen LogP contribution in [0.25, 0.3) is 10.9 Å². The molecule has 2 aromatic carbocycles. The number of hydrogen-bond donors (Lipinski definition) is 1. The van der Waals surface area contributed by atoms with Crippen LogP contribution in [0, 0.1) is 0 Å². The molecule has 0 bridgehead atoms. The van der Waals surface area contributed by atoms with Crippen LogP contribution >= 0.6 is 0 Å². The number of fused-ring (bicyclic) bond motifs is 1. The smallest absolute Gasteiger partial charge is 0.100 e. The Hall–Kier alpha value is -2.27. The molecule has 3 aromatic rings. The van der Waals surface area contributed by atoms with Crippen molar-refractivity contribution in [3.05, 3.63) is 78.0 Å². The maximum atomic E-state index is 9.78. The molecule has 0 saturated carbocycles. The van der Waals surface area contributed by atoms with Crippen LogP contribution in [0.5, 0.6) is 0 Å². The number of para-hydroxylation sites is 1. The van der Waals surface area contributed by atoms with Gasteiger partial charge in [0.15, 0.2) is 0 Å². The Kier molecular flexibility index (Phi) is 4.74. The van der Waals surface area contributed by atoms with Gasteiger partial charge in [0.25, 0.3) is 0 Å². The van der Waals surface area contributed by atoms with Crippen molar-refractivity contribution in [1.29, 1.82) is 0 Å². The summed E-state index contributed by atoms with van der Waals surface area (Å²) < 4.78 is 5.82. The number of benzene rings is 2. The summed E-state index contributed by atoms with van der Waals surface area (Å²) in [5.74, 6) is 0. The van der Waals surface area contributed by atoms with Crippen molar-refractivity contribution in [2.75, 3.05) is 19.8 Å². The first kappa shape index (κ1) is 16.2. The van der Waals surface area contributed by atoms with E-state index in [9.17, 15) is 5.11 Å². The molecule has 4 rings (SSSR count). The predicted octanol–water partition coefficient (Wildman–Crippen LogP) is 3.17. The Labute approximate surface area is 147 Å². The predicted molar refractivity (Wildman–Crippen MR) is 98.2 cm³/mol. The van der Waals surface area contributed by atoms with E-state index in [-0.39, 0.29) is 18.8 Å². The molecule has 4 heteroatoms. The van der Waals surface area contributed by atoms with Gasteiger partial charge in [-0.1, -0.05) is 54.6 Å². The van der Waals surface area contributed by atoms with E-state index in [0.717, 1.165) is 29.7 Å². The highest BCUT2D eigenvalue weighted by Crippen LogP contribution is 2.30. The van der Waals surface area contributed by atoms with Crippen molar-refractivity contribution in [2.24, 2.45) is 0 Å². The zero-order valence-electron chi connectivity index (χ0n) is 14.1. The number of hydrogen-bond acceptors (Lipinski definition) is 4. The van der Waals surface area contributed by atoms with E-state index in [0.29, 0.717) is 6.61 Å². The summed E-state index contributed by atoms with van der Waals surface area (Å²) in [6, 6.07) is 22.7. The van der Waals surface area contributed by atoms with Crippen LogP contribution in [0.3, 0.4) is 0 Å². The Balaban J connectivity index is 1.63. The van der Waals surface area contributed by atoms with E-state index in [1.54, 1.807) is 0 Å². The molecule has 0 aliphatic carbocycles. The van der Waals surface area contributed by atoms with Gasteiger partial charge in [0.2, 0.25) is 0 Å². The van der Waals surface area contributed by atoms with Crippen molar-refractivity contribution in [2.45, 2.75) is 18.7 Å². The van der Waals surface area contributed by atoms with Gasteiger partial charge in [-0.05, 0) is 17.7 Å². The summed E-state index contributed by atoms with van der Waals surface area (Å²) >= 11 is 0. The SMILES string of the molecule is OC[C@@H]1OCCN(Cc2ccc3ccccc3n2)[C@H]1c1ccccc1. The second kappa shape index (κ2) is 7.31. The van der Waals surface area contributed by atoms with Gasteiger partial charge in [-0.2, -0.15) is 0 Å². The van der Waals surface area contributed by atoms with Gasteiger partial charge < -0.3 is 9.84 Å². The lowest BCUT2D eigenvalue weighted by molar-refractivity contribution is -0.0963. The van der Waals surface area contributed by atoms with E-state index in [4.69, 9.17) is 9.72 Å². The van der Waals surface area contributed by atoms with E-state index in [1.165, 1.54) is 5.56 Å². The number of rotatable bonds is 4. The van der Waals surface area contributed by atoms with Crippen LogP contribution in [0.4, 0.5) is 0 Å². The summed E-state index contributed by atoms with van der Waals surface area (Å²) in [7, 11) is 0. The highest BCUT2D eigenvalue weighted by atomic mass is 16.5. The lowest BCUT2D eigenvalue weighted by Crippen LogP contribution is -2.46. The molecule has 1 aliphatic rings. The first-order valence-electron chi connectivity index (χ1n) is 8.71. The summed E-state index contributed by atoms with van der Waals surface area (Å²) in [5, 5.41) is 10.9. The molecule has 2 atom stereocenters. The fraction of sp³-hybridized carbons (Fsp3) is 0.286. The quantitative estimate of drug-likeness (QED) is 0.796. The second-order valence-electron chi connectivity index (χ2n) is 6.41. The lowest BCUT2D eigenvalue weighted by atomic mass is 9.98. The largest absolute Gasteiger partial charge is 0.394 e. The first-order valence-corrected chi connectivity index (χ1v) is 8.71. The van der Waals surface area contributed by atoms with Crippen molar-refractivity contribution in [3.8, 4) is 0 Å². The van der Waals surface area contributed by atoms with Crippen molar-refractivity contribution >= 4 is 10.9 Å². The Morgan fingerprint density at radius 2 is 1.80 bits per heavy atom. The number of nitrogens with zero attached hydrogens (tertiary/aromatic N) is 2. The normalized spacial score (nSPS) is 21.5. The highest BCUT2D eigenvalue weighted by Gasteiger charge is 2.33. The third-order valence-corrected chi connectivity index (χ3v) is 4.80. The summed E-state index contributed by atoms with van der Waals surface area (Å²) in [4.78, 5) is 7.16. The maximum absolute atomic E-state index is 9.78. The molecule has 0 radical (unpaired) electrons. The second-order valence-corrected chi connectivity index (χ2v) is 6.41. The van der Waals surface area contributed by atoms with Crippen LogP contribution < -0.4 is 0 Å². The zero-order chi connectivity index (χ0) is 17.1. The number of aliphatic hydroxyl groups excluding tert-OH is 1. The van der Waals surface area contributed by atoms with Crippen LogP contribution in [0.15, 0.2) is 66.7 Å². The van der Waals surface area contributed by atoms with Gasteiger partial charge in [0.1, 0.15) is 6.10 Å². The van der Waals surface area contributed by atoms with Crippen molar-refractivity contribution in [1.82, 2.24) is 9.88 Å². The minimum absolute atomic E-state index is 0.0151. The molecule has 25 heavy (non-hydrogen) atoms. The molecule has 1 fully saturated rings. The first-order chi connectivity index (χ1) is 12.3. The molecular formula is C21H22N2O2. The number of aromatic nitrogens is 1. The average molecular weight is 334 g/mol. The Morgan fingerprint density at radius 1 is 1.00 bits per heavy atom. The number of ether oxygens (including phenoxy) is 1. The number of morpholine rings is 1. The Morgan fingerprint density at radius 3 is 2.64 bits per heavy atom. The average Bonchev–Trinajstić information content (AvgIpc) is 2.68. The monoisotopic (exact) mass is 334 g/mol. The van der Waals surface area contributed by atoms with Crippen molar-refractivity contribution < 1.29 is 9.84 Å². The molecular weight excluding hydrogens is 312 g/mol. The van der Waals surface area contributed by atoms with Crippen LogP contribution in [0.2, 0.25) is 0 Å². The third kappa shape index (κ3) is 3.42. The molecule has 1 saturated heterocycles. The van der Waals surface area contributed by atoms with Gasteiger partial charge in [0, 0.05) is 18.5 Å². The molecule has 128 valence electrons. The zero-order valence-corrected chi connectivity index (χ0v) is 14.1. The summed E-state index contributed by atoms with van der Waals surface area (Å²) in [6.45, 7) is 2.21. The molecule has 0 unspecified atom stereocenters. The fourth-order valence-electron chi connectivity index (χ4n) is 3.60.